The molecule has 0 bridgehead atoms. The van der Waals surface area contributed by atoms with Gasteiger partial charge in [-0.1, -0.05) is 11.2 Å². The zero-order chi connectivity index (χ0) is 13.4. The molecule has 1 N–H and O–H groups in total. The molecular weight excluding hydrogens is 278 g/mol. The van der Waals surface area contributed by atoms with Crippen LogP contribution in [0.2, 0.25) is 0 Å². The molecule has 0 saturated carbocycles. The van der Waals surface area contributed by atoms with Crippen molar-refractivity contribution in [2.75, 3.05) is 11.9 Å². The first-order valence-corrected chi connectivity index (χ1v) is 5.77. The predicted molar refractivity (Wildman–Crippen MR) is 78.7 cm³/mol. The third-order valence-corrected chi connectivity index (χ3v) is 3.23. The third kappa shape index (κ3) is 2.02. The van der Waals surface area contributed by atoms with Crippen LogP contribution in [0.5, 0.6) is 0 Å². The minimum atomic E-state index is -0.302. The lowest BCUT2D eigenvalue weighted by molar-refractivity contribution is -0.112. The highest BCUT2D eigenvalue weighted by atomic mass is 35.5. The summed E-state index contributed by atoms with van der Waals surface area (Å²) in [5, 5.41) is 12.1. The van der Waals surface area contributed by atoms with Gasteiger partial charge in [-0.15, -0.1) is 12.4 Å². The van der Waals surface area contributed by atoms with E-state index in [1.165, 1.54) is 4.90 Å². The molecule has 0 saturated heterocycles. The van der Waals surface area contributed by atoms with Crippen molar-refractivity contribution in [3.63, 3.8) is 0 Å². The molecule has 1 aromatic heterocycles. The molecule has 0 spiro atoms. The summed E-state index contributed by atoms with van der Waals surface area (Å²) in [6, 6.07) is 9.40. The van der Waals surface area contributed by atoms with Gasteiger partial charge in [-0.2, -0.15) is 0 Å². The number of nitrogens with zero attached hydrogens (tertiary/aromatic N) is 3. The Morgan fingerprint density at radius 3 is 2.50 bits per heavy atom. The standard InChI is InChI=1S/C14H11N3O2.ClH/c1-17-12-3-2-10(9-4-6-15-7-5-9)8-11(12)13(16-19)14(17)18;/h2-8,19H,1H3;1H/b16-13-;. The van der Waals surface area contributed by atoms with Crippen molar-refractivity contribution < 1.29 is 10.0 Å². The van der Waals surface area contributed by atoms with Crippen LogP contribution in [0.4, 0.5) is 5.69 Å². The fraction of sp³-hybridized carbons (Fsp3) is 0.0714. The largest absolute Gasteiger partial charge is 0.410 e. The van der Waals surface area contributed by atoms with E-state index < -0.39 is 0 Å². The molecule has 0 fully saturated rings. The van der Waals surface area contributed by atoms with Gasteiger partial charge in [0.25, 0.3) is 5.91 Å². The van der Waals surface area contributed by atoms with Gasteiger partial charge in [0.05, 0.1) is 5.69 Å². The highest BCUT2D eigenvalue weighted by Gasteiger charge is 2.32. The number of carbonyl (C=O) groups excluding carboxylic acids is 1. The van der Waals surface area contributed by atoms with E-state index in [4.69, 9.17) is 5.21 Å². The van der Waals surface area contributed by atoms with Crippen molar-refractivity contribution in [1.29, 1.82) is 0 Å². The third-order valence-electron chi connectivity index (χ3n) is 3.23. The second-order valence-electron chi connectivity index (χ2n) is 4.28. The number of anilines is 1. The van der Waals surface area contributed by atoms with Gasteiger partial charge in [0.15, 0.2) is 5.71 Å². The molecule has 0 atom stereocenters. The highest BCUT2D eigenvalue weighted by Crippen LogP contribution is 2.32. The van der Waals surface area contributed by atoms with Crippen LogP contribution in [0, 0.1) is 0 Å². The average Bonchev–Trinajstić information content (AvgIpc) is 2.71. The van der Waals surface area contributed by atoms with E-state index in [0.29, 0.717) is 5.56 Å². The highest BCUT2D eigenvalue weighted by molar-refractivity contribution is 6.54. The average molecular weight is 290 g/mol. The van der Waals surface area contributed by atoms with Gasteiger partial charge in [-0.3, -0.25) is 9.78 Å². The molecular formula is C14H12ClN3O2. The van der Waals surface area contributed by atoms with E-state index >= 15 is 0 Å². The first-order valence-electron chi connectivity index (χ1n) is 5.77. The normalized spacial score (nSPS) is 15.2. The lowest BCUT2D eigenvalue weighted by atomic mass is 10.0. The topological polar surface area (TPSA) is 65.8 Å². The quantitative estimate of drug-likeness (QED) is 0.647. The van der Waals surface area contributed by atoms with Crippen LogP contribution in [-0.4, -0.2) is 28.9 Å². The van der Waals surface area contributed by atoms with Crippen molar-refractivity contribution in [2.24, 2.45) is 5.16 Å². The van der Waals surface area contributed by atoms with Gasteiger partial charge in [-0.25, -0.2) is 0 Å². The number of carbonyl (C=O) groups is 1. The fourth-order valence-electron chi connectivity index (χ4n) is 2.22. The molecule has 102 valence electrons. The molecule has 2 heterocycles. The molecule has 5 nitrogen and oxygen atoms in total. The number of halogens is 1. The van der Waals surface area contributed by atoms with Gasteiger partial charge in [-0.05, 0) is 35.4 Å². The first kappa shape index (κ1) is 14.0. The van der Waals surface area contributed by atoms with Crippen LogP contribution >= 0.6 is 12.4 Å². The Labute approximate surface area is 122 Å². The Kier molecular flexibility index (Phi) is 3.72. The van der Waals surface area contributed by atoms with Crippen LogP contribution < -0.4 is 4.90 Å². The molecule has 0 radical (unpaired) electrons. The van der Waals surface area contributed by atoms with Crippen molar-refractivity contribution in [3.05, 3.63) is 48.3 Å². The summed E-state index contributed by atoms with van der Waals surface area (Å²) < 4.78 is 0. The summed E-state index contributed by atoms with van der Waals surface area (Å²) in [4.78, 5) is 17.3. The number of fused-ring (bicyclic) bond motifs is 1. The van der Waals surface area contributed by atoms with E-state index in [1.54, 1.807) is 19.4 Å². The number of aromatic nitrogens is 1. The monoisotopic (exact) mass is 289 g/mol. The molecule has 6 heteroatoms. The van der Waals surface area contributed by atoms with Gasteiger partial charge in [0.2, 0.25) is 0 Å². The van der Waals surface area contributed by atoms with Crippen molar-refractivity contribution in [3.8, 4) is 11.1 Å². The number of pyridine rings is 1. The zero-order valence-electron chi connectivity index (χ0n) is 10.6. The van der Waals surface area contributed by atoms with Gasteiger partial charge in [0, 0.05) is 25.0 Å². The van der Waals surface area contributed by atoms with Crippen LogP contribution in [0.25, 0.3) is 11.1 Å². The SMILES string of the molecule is CN1C(=O)/C(=N\O)c2cc(-c3ccncc3)ccc21.Cl. The molecule has 1 aliphatic rings. The molecule has 1 amide bonds. The summed E-state index contributed by atoms with van der Waals surface area (Å²) in [5.74, 6) is -0.302. The first-order chi connectivity index (χ1) is 9.22. The number of hydrogen-bond acceptors (Lipinski definition) is 4. The summed E-state index contributed by atoms with van der Waals surface area (Å²) in [6.45, 7) is 0. The molecule has 20 heavy (non-hydrogen) atoms. The fourth-order valence-corrected chi connectivity index (χ4v) is 2.22. The van der Waals surface area contributed by atoms with Crippen molar-refractivity contribution in [1.82, 2.24) is 4.98 Å². The summed E-state index contributed by atoms with van der Waals surface area (Å²) in [7, 11) is 1.66. The van der Waals surface area contributed by atoms with E-state index in [-0.39, 0.29) is 24.0 Å². The Balaban J connectivity index is 0.00000147. The molecule has 0 aliphatic carbocycles. The van der Waals surface area contributed by atoms with Crippen LogP contribution in [0.3, 0.4) is 0 Å². The maximum absolute atomic E-state index is 11.9. The predicted octanol–water partition coefficient (Wildman–Crippen LogP) is 2.33. The second kappa shape index (κ2) is 5.30. The maximum atomic E-state index is 11.9. The maximum Gasteiger partial charge on any atom is 0.280 e. The molecule has 1 aromatic carbocycles. The Morgan fingerprint density at radius 1 is 1.15 bits per heavy atom. The number of benzene rings is 1. The Morgan fingerprint density at radius 2 is 1.85 bits per heavy atom. The summed E-state index contributed by atoms with van der Waals surface area (Å²) in [6.07, 6.45) is 3.42. The van der Waals surface area contributed by atoms with E-state index in [2.05, 4.69) is 10.1 Å². The van der Waals surface area contributed by atoms with E-state index in [0.717, 1.165) is 16.8 Å². The minimum absolute atomic E-state index is 0. The van der Waals surface area contributed by atoms with Crippen LogP contribution in [-0.2, 0) is 4.79 Å². The lowest BCUT2D eigenvalue weighted by Crippen LogP contribution is -2.25. The Bertz CT molecular complexity index is 686. The van der Waals surface area contributed by atoms with E-state index in [9.17, 15) is 4.79 Å². The van der Waals surface area contributed by atoms with Gasteiger partial charge < -0.3 is 10.1 Å². The number of rotatable bonds is 1. The van der Waals surface area contributed by atoms with Crippen molar-refractivity contribution >= 4 is 29.7 Å². The molecule has 3 rings (SSSR count). The smallest absolute Gasteiger partial charge is 0.280 e. The molecule has 0 unspecified atom stereocenters. The minimum Gasteiger partial charge on any atom is -0.410 e. The van der Waals surface area contributed by atoms with E-state index in [1.807, 2.05) is 30.3 Å². The number of oxime groups is 1. The lowest BCUT2D eigenvalue weighted by Gasteiger charge is -2.09. The summed E-state index contributed by atoms with van der Waals surface area (Å²) in [5.41, 5.74) is 3.41. The van der Waals surface area contributed by atoms with Gasteiger partial charge >= 0.3 is 0 Å². The number of amides is 1. The summed E-state index contributed by atoms with van der Waals surface area (Å²) >= 11 is 0. The van der Waals surface area contributed by atoms with Crippen LogP contribution in [0.1, 0.15) is 5.56 Å². The molecule has 1 aliphatic heterocycles. The Hall–Kier alpha value is -2.40. The number of likely N-dealkylation sites (N-methyl/N-ethyl adjacent to an activating group) is 1. The zero-order valence-corrected chi connectivity index (χ0v) is 11.5. The van der Waals surface area contributed by atoms with Crippen LogP contribution in [0.15, 0.2) is 47.9 Å². The molecule has 2 aromatic rings. The second-order valence-corrected chi connectivity index (χ2v) is 4.28. The number of hydrogen-bond donors (Lipinski definition) is 1. The van der Waals surface area contributed by atoms with Crippen molar-refractivity contribution in [2.45, 2.75) is 0 Å². The van der Waals surface area contributed by atoms with Gasteiger partial charge in [0.1, 0.15) is 0 Å².